The molecule has 10 nitrogen and oxygen atoms in total. The van der Waals surface area contributed by atoms with Gasteiger partial charge in [-0.2, -0.15) is 18.9 Å². The molecule has 0 unspecified atom stereocenters. The van der Waals surface area contributed by atoms with Crippen LogP contribution in [0.3, 0.4) is 0 Å². The van der Waals surface area contributed by atoms with Crippen molar-refractivity contribution in [1.82, 2.24) is 29.3 Å². The Kier molecular flexibility index (Phi) is 6.78. The van der Waals surface area contributed by atoms with Crippen molar-refractivity contribution in [2.45, 2.75) is 51.2 Å². The smallest absolute Gasteiger partial charge is 0.286 e. The number of alkyl halides is 2. The second-order valence-electron chi connectivity index (χ2n) is 9.42. The average Bonchev–Trinajstić information content (AvgIpc) is 3.37. The van der Waals surface area contributed by atoms with Crippen molar-refractivity contribution in [3.63, 3.8) is 0 Å². The third-order valence-electron chi connectivity index (χ3n) is 6.43. The number of anilines is 2. The minimum absolute atomic E-state index is 0.0165. The SMILES string of the molecule is COC1CC(n2nc(Nc3nc4ncc(Oc5ccnc(CC(C)=O)c5)c(Cl)c4n3C)cc2C(C)(F)F)C1. The molecule has 0 amide bonds. The molecule has 0 saturated heterocycles. The highest BCUT2D eigenvalue weighted by Gasteiger charge is 2.38. The maximum absolute atomic E-state index is 14.4. The van der Waals surface area contributed by atoms with E-state index in [4.69, 9.17) is 21.1 Å². The molecule has 0 spiro atoms. The van der Waals surface area contributed by atoms with Crippen molar-refractivity contribution in [2.75, 3.05) is 12.4 Å². The Balaban J connectivity index is 1.42. The Morgan fingerprint density at radius 1 is 1.29 bits per heavy atom. The molecule has 0 aliphatic heterocycles. The summed E-state index contributed by atoms with van der Waals surface area (Å²) in [6.45, 7) is 2.34. The zero-order chi connectivity index (χ0) is 27.2. The van der Waals surface area contributed by atoms with Crippen molar-refractivity contribution >= 4 is 40.3 Å². The number of aryl methyl sites for hydroxylation is 1. The predicted molar refractivity (Wildman–Crippen MR) is 136 cm³/mol. The molecule has 1 aliphatic rings. The number of hydrogen-bond acceptors (Lipinski definition) is 8. The number of halogens is 3. The lowest BCUT2D eigenvalue weighted by molar-refractivity contribution is -0.116. The van der Waals surface area contributed by atoms with E-state index in [1.807, 2.05) is 0 Å². The van der Waals surface area contributed by atoms with E-state index >= 15 is 0 Å². The molecule has 4 heterocycles. The lowest BCUT2D eigenvalue weighted by Gasteiger charge is -2.35. The average molecular weight is 546 g/mol. The summed E-state index contributed by atoms with van der Waals surface area (Å²) in [7, 11) is 3.32. The fourth-order valence-electron chi connectivity index (χ4n) is 4.40. The van der Waals surface area contributed by atoms with Gasteiger partial charge in [0.25, 0.3) is 5.92 Å². The van der Waals surface area contributed by atoms with Crippen LogP contribution in [0.1, 0.15) is 44.1 Å². The molecule has 1 N–H and O–H groups in total. The first-order valence-electron chi connectivity index (χ1n) is 11.9. The number of carbonyl (C=O) groups excluding carboxylic acids is 1. The quantitative estimate of drug-likeness (QED) is 0.300. The monoisotopic (exact) mass is 545 g/mol. The van der Waals surface area contributed by atoms with Gasteiger partial charge in [0.05, 0.1) is 24.0 Å². The van der Waals surface area contributed by atoms with Crippen molar-refractivity contribution in [3.8, 4) is 11.5 Å². The van der Waals surface area contributed by atoms with E-state index in [0.29, 0.717) is 41.4 Å². The van der Waals surface area contributed by atoms with E-state index < -0.39 is 5.92 Å². The van der Waals surface area contributed by atoms with Crippen LogP contribution in [-0.2, 0) is 28.9 Å². The number of ketones is 1. The van der Waals surface area contributed by atoms with Gasteiger partial charge in [0.1, 0.15) is 27.8 Å². The summed E-state index contributed by atoms with van der Waals surface area (Å²) >= 11 is 6.67. The largest absolute Gasteiger partial charge is 0.454 e. The second-order valence-corrected chi connectivity index (χ2v) is 9.80. The van der Waals surface area contributed by atoms with Crippen LogP contribution in [0.15, 0.2) is 30.6 Å². The van der Waals surface area contributed by atoms with Crippen LogP contribution in [0.4, 0.5) is 20.5 Å². The van der Waals surface area contributed by atoms with Crippen LogP contribution in [0, 0.1) is 0 Å². The predicted octanol–water partition coefficient (Wildman–Crippen LogP) is 5.34. The van der Waals surface area contributed by atoms with Gasteiger partial charge in [-0.05, 0) is 25.8 Å². The van der Waals surface area contributed by atoms with Crippen LogP contribution in [-0.4, -0.2) is 48.3 Å². The Morgan fingerprint density at radius 2 is 2.05 bits per heavy atom. The Labute approximate surface area is 221 Å². The van der Waals surface area contributed by atoms with Crippen LogP contribution in [0.25, 0.3) is 11.2 Å². The van der Waals surface area contributed by atoms with Gasteiger partial charge in [0.2, 0.25) is 5.95 Å². The Hall–Kier alpha value is -3.64. The van der Waals surface area contributed by atoms with Gasteiger partial charge in [-0.15, -0.1) is 0 Å². The van der Waals surface area contributed by atoms with Gasteiger partial charge in [-0.1, -0.05) is 11.6 Å². The van der Waals surface area contributed by atoms with Crippen molar-refractivity contribution < 1.29 is 23.0 Å². The van der Waals surface area contributed by atoms with Crippen molar-refractivity contribution in [1.29, 1.82) is 0 Å². The number of pyridine rings is 2. The molecular formula is C25H26ClF2N7O3. The molecule has 0 aromatic carbocycles. The molecule has 200 valence electrons. The first-order chi connectivity index (χ1) is 18.0. The number of Topliss-reactive ketones (excluding diaryl/α,β-unsaturated/α-hetero) is 1. The molecule has 1 saturated carbocycles. The van der Waals surface area contributed by atoms with Gasteiger partial charge in [0, 0.05) is 45.8 Å². The fraction of sp³-hybridized carbons (Fsp3) is 0.400. The lowest BCUT2D eigenvalue weighted by Crippen LogP contribution is -2.35. The second kappa shape index (κ2) is 9.91. The zero-order valence-corrected chi connectivity index (χ0v) is 22.0. The molecule has 5 rings (SSSR count). The van der Waals surface area contributed by atoms with Gasteiger partial charge in [0.15, 0.2) is 17.2 Å². The van der Waals surface area contributed by atoms with E-state index in [-0.39, 0.29) is 46.6 Å². The Morgan fingerprint density at radius 3 is 2.74 bits per heavy atom. The summed E-state index contributed by atoms with van der Waals surface area (Å²) in [4.78, 5) is 24.4. The minimum atomic E-state index is -3.08. The lowest BCUT2D eigenvalue weighted by atomic mass is 9.89. The number of imidazole rings is 1. The summed E-state index contributed by atoms with van der Waals surface area (Å²) in [5.41, 5.74) is 1.20. The van der Waals surface area contributed by atoms with E-state index in [2.05, 4.69) is 25.4 Å². The molecule has 0 radical (unpaired) electrons. The van der Waals surface area contributed by atoms with Gasteiger partial charge in [-0.3, -0.25) is 14.5 Å². The maximum Gasteiger partial charge on any atom is 0.286 e. The van der Waals surface area contributed by atoms with Crippen LogP contribution < -0.4 is 10.1 Å². The summed E-state index contributed by atoms with van der Waals surface area (Å²) in [5, 5.41) is 7.69. The van der Waals surface area contributed by atoms with E-state index in [1.165, 1.54) is 23.9 Å². The topological polar surface area (TPSA) is 109 Å². The summed E-state index contributed by atoms with van der Waals surface area (Å²) < 4.78 is 43.0. The number of fused-ring (bicyclic) bond motifs is 1. The fourth-order valence-corrected chi connectivity index (χ4v) is 4.70. The molecule has 4 aromatic rings. The number of rotatable bonds is 9. The van der Waals surface area contributed by atoms with Crippen molar-refractivity contribution in [2.24, 2.45) is 7.05 Å². The number of nitrogens with zero attached hydrogens (tertiary/aromatic N) is 6. The highest BCUT2D eigenvalue weighted by atomic mass is 35.5. The summed E-state index contributed by atoms with van der Waals surface area (Å²) in [5.74, 6) is -1.82. The highest BCUT2D eigenvalue weighted by Crippen LogP contribution is 2.40. The van der Waals surface area contributed by atoms with E-state index in [0.717, 1.165) is 6.92 Å². The molecule has 0 bridgehead atoms. The number of hydrogen-bond donors (Lipinski definition) is 1. The number of aromatic nitrogens is 6. The third-order valence-corrected chi connectivity index (χ3v) is 6.79. The molecule has 1 fully saturated rings. The van der Waals surface area contributed by atoms with E-state index in [9.17, 15) is 13.6 Å². The molecular weight excluding hydrogens is 520 g/mol. The molecule has 38 heavy (non-hydrogen) atoms. The standard InChI is InChI=1S/C25H26ClF2N7O3/c1-13(36)7-14-8-16(5-6-29-14)38-18-12-30-23-22(21(18)26)34(3)24(32-23)31-20-11-19(25(2,27)28)35(33-20)15-9-17(10-15)37-4/h5-6,8,11-12,15,17H,7,9-10H2,1-4H3,(H,30,31,32,33). The molecule has 1 aliphatic carbocycles. The maximum atomic E-state index is 14.4. The number of methoxy groups -OCH3 is 1. The molecule has 13 heteroatoms. The van der Waals surface area contributed by atoms with Crippen molar-refractivity contribution in [3.05, 3.63) is 47.0 Å². The van der Waals surface area contributed by atoms with E-state index in [1.54, 1.807) is 37.1 Å². The third kappa shape index (κ3) is 5.05. The zero-order valence-electron chi connectivity index (χ0n) is 21.2. The number of carbonyl (C=O) groups is 1. The Bertz CT molecular complexity index is 1510. The minimum Gasteiger partial charge on any atom is -0.454 e. The molecule has 4 aromatic heterocycles. The number of nitrogens with one attached hydrogen (secondary N) is 1. The number of ether oxygens (including phenoxy) is 2. The first kappa shape index (κ1) is 26.0. The van der Waals surface area contributed by atoms with Gasteiger partial charge < -0.3 is 19.4 Å². The van der Waals surface area contributed by atoms with Gasteiger partial charge >= 0.3 is 0 Å². The summed E-state index contributed by atoms with van der Waals surface area (Å²) in [6, 6.07) is 4.46. The van der Waals surface area contributed by atoms with Crippen LogP contribution in [0.2, 0.25) is 5.02 Å². The van der Waals surface area contributed by atoms with Gasteiger partial charge in [-0.25, -0.2) is 4.98 Å². The highest BCUT2D eigenvalue weighted by molar-refractivity contribution is 6.36. The van der Waals surface area contributed by atoms with Crippen LogP contribution >= 0.6 is 11.6 Å². The first-order valence-corrected chi connectivity index (χ1v) is 12.3. The van der Waals surface area contributed by atoms with Crippen LogP contribution in [0.5, 0.6) is 11.5 Å². The molecule has 0 atom stereocenters. The summed E-state index contributed by atoms with van der Waals surface area (Å²) in [6.07, 6.45) is 4.45. The normalized spacial score (nSPS) is 17.4.